The molecule has 0 saturated carbocycles. The van der Waals surface area contributed by atoms with Crippen LogP contribution >= 0.6 is 0 Å². The number of benzene rings is 1. The van der Waals surface area contributed by atoms with Gasteiger partial charge in [0, 0.05) is 64.6 Å². The van der Waals surface area contributed by atoms with Gasteiger partial charge in [0.05, 0.1) is 12.8 Å². The molecule has 2 aromatic rings. The lowest BCUT2D eigenvalue weighted by Gasteiger charge is -2.30. The maximum absolute atomic E-state index is 11.7. The van der Waals surface area contributed by atoms with Crippen molar-refractivity contribution < 1.29 is 9.53 Å². The van der Waals surface area contributed by atoms with Crippen LogP contribution in [-0.4, -0.2) is 59.5 Å². The lowest BCUT2D eigenvalue weighted by atomic mass is 10.0. The summed E-state index contributed by atoms with van der Waals surface area (Å²) < 4.78 is 5.35. The Morgan fingerprint density at radius 2 is 2.17 bits per heavy atom. The Kier molecular flexibility index (Phi) is 5.67. The van der Waals surface area contributed by atoms with E-state index in [1.54, 1.807) is 14.0 Å². The quantitative estimate of drug-likeness (QED) is 0.838. The molecule has 7 heteroatoms. The first-order valence-electron chi connectivity index (χ1n) is 10.3. The topological polar surface area (TPSA) is 70.6 Å². The molecule has 7 nitrogen and oxygen atoms in total. The average Bonchev–Trinajstić information content (AvgIpc) is 3.24. The van der Waals surface area contributed by atoms with Crippen molar-refractivity contribution in [3.63, 3.8) is 0 Å². The van der Waals surface area contributed by atoms with Gasteiger partial charge in [-0.15, -0.1) is 0 Å². The molecule has 1 saturated heterocycles. The summed E-state index contributed by atoms with van der Waals surface area (Å²) in [5.41, 5.74) is 3.57. The van der Waals surface area contributed by atoms with Crippen LogP contribution in [0.1, 0.15) is 41.9 Å². The van der Waals surface area contributed by atoms with Crippen LogP contribution in [0, 0.1) is 0 Å². The third-order valence-electron chi connectivity index (χ3n) is 5.93. The Balaban J connectivity index is 1.51. The summed E-state index contributed by atoms with van der Waals surface area (Å²) in [5, 5.41) is 3.28. The van der Waals surface area contributed by atoms with Crippen molar-refractivity contribution in [3.05, 3.63) is 46.9 Å². The molecule has 29 heavy (non-hydrogen) atoms. The van der Waals surface area contributed by atoms with E-state index in [0.717, 1.165) is 68.7 Å². The first-order valence-corrected chi connectivity index (χ1v) is 10.3. The highest BCUT2D eigenvalue weighted by Crippen LogP contribution is 2.30. The molecule has 1 N–H and O–H groups in total. The summed E-state index contributed by atoms with van der Waals surface area (Å²) in [7, 11) is 3.62. The van der Waals surface area contributed by atoms with Crippen molar-refractivity contribution >= 4 is 11.7 Å². The number of amides is 1. The number of fused-ring (bicyclic) bond motifs is 1. The van der Waals surface area contributed by atoms with Gasteiger partial charge in [0.15, 0.2) is 0 Å². The highest BCUT2D eigenvalue weighted by Gasteiger charge is 2.30. The summed E-state index contributed by atoms with van der Waals surface area (Å²) in [6.07, 6.45) is 1.84. The number of hydrogen-bond donors (Lipinski definition) is 1. The predicted molar refractivity (Wildman–Crippen MR) is 112 cm³/mol. The number of nitrogens with one attached hydrogen (secondary N) is 1. The zero-order chi connectivity index (χ0) is 20.4. The molecule has 2 aliphatic heterocycles. The Hall–Kier alpha value is -2.67. The van der Waals surface area contributed by atoms with Gasteiger partial charge in [0.1, 0.15) is 17.4 Å². The molecule has 2 aliphatic rings. The Morgan fingerprint density at radius 1 is 1.31 bits per heavy atom. The molecule has 0 radical (unpaired) electrons. The number of hydrogen-bond acceptors (Lipinski definition) is 6. The van der Waals surface area contributed by atoms with Crippen molar-refractivity contribution in [2.75, 3.05) is 39.1 Å². The largest absolute Gasteiger partial charge is 0.497 e. The number of methoxy groups -OCH3 is 1. The normalized spacial score (nSPS) is 19.1. The van der Waals surface area contributed by atoms with Crippen LogP contribution in [0.4, 0.5) is 5.82 Å². The van der Waals surface area contributed by atoms with Crippen LogP contribution in [0.3, 0.4) is 0 Å². The number of carbonyl (C=O) groups is 1. The first-order chi connectivity index (χ1) is 14.1. The molecule has 0 spiro atoms. The first kappa shape index (κ1) is 19.6. The molecule has 1 amide bonds. The second-order valence-corrected chi connectivity index (χ2v) is 7.87. The molecule has 3 heterocycles. The van der Waals surface area contributed by atoms with Gasteiger partial charge in [-0.1, -0.05) is 12.1 Å². The monoisotopic (exact) mass is 395 g/mol. The molecule has 1 fully saturated rings. The smallest absolute Gasteiger partial charge is 0.219 e. The molecular weight excluding hydrogens is 366 g/mol. The minimum Gasteiger partial charge on any atom is -0.497 e. The molecular formula is C22H29N5O2. The van der Waals surface area contributed by atoms with Crippen molar-refractivity contribution in [2.45, 2.75) is 38.8 Å². The molecule has 4 rings (SSSR count). The summed E-state index contributed by atoms with van der Waals surface area (Å²) >= 11 is 0. The molecule has 154 valence electrons. The summed E-state index contributed by atoms with van der Waals surface area (Å²) in [6, 6.07) is 8.23. The minimum absolute atomic E-state index is 0.132. The van der Waals surface area contributed by atoms with Crippen LogP contribution < -0.4 is 10.1 Å². The molecule has 1 atom stereocenters. The lowest BCUT2D eigenvalue weighted by Crippen LogP contribution is -2.32. The van der Waals surface area contributed by atoms with E-state index in [0.29, 0.717) is 0 Å². The number of ether oxygens (including phenoxy) is 1. The fraction of sp³-hybridized carbons (Fsp3) is 0.500. The van der Waals surface area contributed by atoms with Crippen LogP contribution in [0.25, 0.3) is 0 Å². The standard InChI is InChI=1S/C22H29N5O2/c1-15(28)27-10-7-17(13-27)21-24-20-8-9-26(14-19(20)22(23-2)25-21)12-16-5-4-6-18(11-16)29-3/h4-6,11,17H,7-10,12-14H2,1-3H3,(H,23,24,25)/t17-/m0/s1. The number of nitrogens with zero attached hydrogens (tertiary/aromatic N) is 4. The second kappa shape index (κ2) is 8.37. The van der Waals surface area contributed by atoms with Crippen LogP contribution in [-0.2, 0) is 24.3 Å². The van der Waals surface area contributed by atoms with E-state index in [9.17, 15) is 4.79 Å². The SMILES string of the molecule is CNc1nc([C@H]2CCN(C(C)=O)C2)nc2c1CN(Cc1cccc(OC)c1)CC2. The van der Waals surface area contributed by atoms with Gasteiger partial charge < -0.3 is 15.0 Å². The van der Waals surface area contributed by atoms with Gasteiger partial charge in [-0.3, -0.25) is 9.69 Å². The number of anilines is 1. The highest BCUT2D eigenvalue weighted by atomic mass is 16.5. The number of rotatable bonds is 5. The molecule has 1 aromatic heterocycles. The van der Waals surface area contributed by atoms with E-state index >= 15 is 0 Å². The van der Waals surface area contributed by atoms with Gasteiger partial charge in [-0.25, -0.2) is 9.97 Å². The van der Waals surface area contributed by atoms with Crippen molar-refractivity contribution in [2.24, 2.45) is 0 Å². The maximum Gasteiger partial charge on any atom is 0.219 e. The fourth-order valence-electron chi connectivity index (χ4n) is 4.30. The Morgan fingerprint density at radius 3 is 2.90 bits per heavy atom. The van der Waals surface area contributed by atoms with Gasteiger partial charge in [-0.05, 0) is 24.1 Å². The zero-order valence-corrected chi connectivity index (χ0v) is 17.4. The number of carbonyl (C=O) groups excluding carboxylic acids is 1. The Bertz CT molecular complexity index is 884. The van der Waals surface area contributed by atoms with Gasteiger partial charge >= 0.3 is 0 Å². The van der Waals surface area contributed by atoms with Crippen LogP contribution in [0.2, 0.25) is 0 Å². The van der Waals surface area contributed by atoms with Crippen LogP contribution in [0.5, 0.6) is 5.75 Å². The number of aromatic nitrogens is 2. The van der Waals surface area contributed by atoms with Crippen LogP contribution in [0.15, 0.2) is 24.3 Å². The molecule has 0 bridgehead atoms. The van der Waals surface area contributed by atoms with E-state index in [1.807, 2.05) is 24.1 Å². The molecule has 1 aromatic carbocycles. The number of likely N-dealkylation sites (tertiary alicyclic amines) is 1. The summed E-state index contributed by atoms with van der Waals surface area (Å²) in [4.78, 5) is 25.8. The molecule has 0 unspecified atom stereocenters. The Labute approximate surface area is 172 Å². The second-order valence-electron chi connectivity index (χ2n) is 7.87. The maximum atomic E-state index is 11.7. The van der Waals surface area contributed by atoms with Gasteiger partial charge in [0.25, 0.3) is 0 Å². The lowest BCUT2D eigenvalue weighted by molar-refractivity contribution is -0.127. The third-order valence-corrected chi connectivity index (χ3v) is 5.93. The third kappa shape index (κ3) is 4.19. The fourth-order valence-corrected chi connectivity index (χ4v) is 4.30. The van der Waals surface area contributed by atoms with E-state index < -0.39 is 0 Å². The van der Waals surface area contributed by atoms with Gasteiger partial charge in [0.2, 0.25) is 5.91 Å². The van der Waals surface area contributed by atoms with Crippen molar-refractivity contribution in [1.82, 2.24) is 19.8 Å². The van der Waals surface area contributed by atoms with E-state index in [1.165, 1.54) is 11.1 Å². The summed E-state index contributed by atoms with van der Waals surface area (Å²) in [6.45, 7) is 5.81. The van der Waals surface area contributed by atoms with E-state index in [-0.39, 0.29) is 11.8 Å². The average molecular weight is 396 g/mol. The highest BCUT2D eigenvalue weighted by molar-refractivity contribution is 5.73. The molecule has 0 aliphatic carbocycles. The van der Waals surface area contributed by atoms with Gasteiger partial charge in [-0.2, -0.15) is 0 Å². The van der Waals surface area contributed by atoms with Crippen molar-refractivity contribution in [3.8, 4) is 5.75 Å². The summed E-state index contributed by atoms with van der Waals surface area (Å²) in [5.74, 6) is 3.04. The minimum atomic E-state index is 0.132. The zero-order valence-electron chi connectivity index (χ0n) is 17.4. The van der Waals surface area contributed by atoms with E-state index in [4.69, 9.17) is 14.7 Å². The van der Waals surface area contributed by atoms with Crippen molar-refractivity contribution in [1.29, 1.82) is 0 Å². The van der Waals surface area contributed by atoms with E-state index in [2.05, 4.69) is 22.3 Å². The predicted octanol–water partition coefficient (Wildman–Crippen LogP) is 2.42.